The molecule has 122 valence electrons. The Hall–Kier alpha value is -2.83. The first-order valence-corrected chi connectivity index (χ1v) is 7.14. The van der Waals surface area contributed by atoms with Gasteiger partial charge < -0.3 is 20.1 Å². The Bertz CT molecular complexity index is 737. The summed E-state index contributed by atoms with van der Waals surface area (Å²) in [5.41, 5.74) is 1.62. The Morgan fingerprint density at radius 2 is 2.00 bits per heavy atom. The SMILES string of the molecule is CC(=O)N[C@@H](C)C(=O)OC(Cc1c[nH]c2ccccc12)C(=O)O. The fourth-order valence-electron chi connectivity index (χ4n) is 2.29. The van der Waals surface area contributed by atoms with Gasteiger partial charge in [-0.3, -0.25) is 4.79 Å². The Balaban J connectivity index is 2.11. The summed E-state index contributed by atoms with van der Waals surface area (Å²) in [5, 5.41) is 12.5. The van der Waals surface area contributed by atoms with Crippen LogP contribution >= 0.6 is 0 Å². The molecule has 23 heavy (non-hydrogen) atoms. The van der Waals surface area contributed by atoms with E-state index in [2.05, 4.69) is 10.3 Å². The summed E-state index contributed by atoms with van der Waals surface area (Å²) in [6.07, 6.45) is 0.418. The number of benzene rings is 1. The van der Waals surface area contributed by atoms with Crippen LogP contribution in [0, 0.1) is 0 Å². The summed E-state index contributed by atoms with van der Waals surface area (Å²) in [5.74, 6) is -2.41. The number of esters is 1. The van der Waals surface area contributed by atoms with Crippen LogP contribution < -0.4 is 5.32 Å². The van der Waals surface area contributed by atoms with Gasteiger partial charge in [-0.2, -0.15) is 0 Å². The monoisotopic (exact) mass is 318 g/mol. The number of hydrogen-bond donors (Lipinski definition) is 3. The van der Waals surface area contributed by atoms with Crippen molar-refractivity contribution in [2.75, 3.05) is 0 Å². The average Bonchev–Trinajstić information content (AvgIpc) is 2.89. The number of carboxylic acid groups (broad SMARTS) is 1. The van der Waals surface area contributed by atoms with E-state index in [1.165, 1.54) is 13.8 Å². The van der Waals surface area contributed by atoms with E-state index in [9.17, 15) is 19.5 Å². The highest BCUT2D eigenvalue weighted by atomic mass is 16.6. The van der Waals surface area contributed by atoms with Gasteiger partial charge in [0.15, 0.2) is 0 Å². The number of amides is 1. The third-order valence-electron chi connectivity index (χ3n) is 3.39. The molecule has 2 aromatic rings. The van der Waals surface area contributed by atoms with E-state index in [4.69, 9.17) is 4.74 Å². The van der Waals surface area contributed by atoms with Gasteiger partial charge in [0.25, 0.3) is 0 Å². The molecule has 0 aliphatic rings. The van der Waals surface area contributed by atoms with Crippen molar-refractivity contribution in [2.45, 2.75) is 32.4 Å². The molecule has 7 nitrogen and oxygen atoms in total. The van der Waals surface area contributed by atoms with Crippen molar-refractivity contribution < 1.29 is 24.2 Å². The number of ether oxygens (including phenoxy) is 1. The fraction of sp³-hybridized carbons (Fsp3) is 0.312. The third-order valence-corrected chi connectivity index (χ3v) is 3.39. The lowest BCUT2D eigenvalue weighted by Crippen LogP contribution is -2.41. The maximum absolute atomic E-state index is 11.9. The number of carbonyl (C=O) groups is 3. The van der Waals surface area contributed by atoms with Crippen LogP contribution in [0.25, 0.3) is 10.9 Å². The number of carbonyl (C=O) groups excluding carboxylic acids is 2. The topological polar surface area (TPSA) is 108 Å². The number of carboxylic acids is 1. The zero-order valence-corrected chi connectivity index (χ0v) is 12.8. The smallest absolute Gasteiger partial charge is 0.345 e. The second kappa shape index (κ2) is 6.95. The van der Waals surface area contributed by atoms with Gasteiger partial charge in [0.1, 0.15) is 6.04 Å². The van der Waals surface area contributed by atoms with Gasteiger partial charge in [-0.15, -0.1) is 0 Å². The van der Waals surface area contributed by atoms with Crippen molar-refractivity contribution in [1.82, 2.24) is 10.3 Å². The summed E-state index contributed by atoms with van der Waals surface area (Å²) in [4.78, 5) is 37.2. The number of para-hydroxylation sites is 1. The molecule has 1 unspecified atom stereocenters. The first-order valence-electron chi connectivity index (χ1n) is 7.14. The molecule has 1 amide bonds. The first kappa shape index (κ1) is 16.5. The van der Waals surface area contributed by atoms with E-state index in [0.29, 0.717) is 0 Å². The van der Waals surface area contributed by atoms with Crippen LogP contribution in [0.1, 0.15) is 19.4 Å². The molecule has 7 heteroatoms. The molecule has 0 aliphatic carbocycles. The molecule has 2 atom stereocenters. The molecule has 2 rings (SSSR count). The van der Waals surface area contributed by atoms with Crippen molar-refractivity contribution >= 4 is 28.7 Å². The van der Waals surface area contributed by atoms with E-state index in [1.54, 1.807) is 6.20 Å². The van der Waals surface area contributed by atoms with Crippen LogP contribution in [0.2, 0.25) is 0 Å². The predicted octanol–water partition coefficient (Wildman–Crippen LogP) is 1.23. The Labute approximate surface area is 132 Å². The zero-order chi connectivity index (χ0) is 17.0. The zero-order valence-electron chi connectivity index (χ0n) is 12.8. The fourth-order valence-corrected chi connectivity index (χ4v) is 2.29. The molecular formula is C16H18N2O5. The summed E-state index contributed by atoms with van der Waals surface area (Å²) < 4.78 is 5.03. The maximum atomic E-state index is 11.9. The highest BCUT2D eigenvalue weighted by Gasteiger charge is 2.26. The van der Waals surface area contributed by atoms with Gasteiger partial charge in [0, 0.05) is 30.4 Å². The lowest BCUT2D eigenvalue weighted by atomic mass is 10.1. The number of nitrogens with one attached hydrogen (secondary N) is 2. The molecule has 0 spiro atoms. The van der Waals surface area contributed by atoms with Crippen LogP contribution in [0.5, 0.6) is 0 Å². The van der Waals surface area contributed by atoms with Crippen molar-refractivity contribution in [3.63, 3.8) is 0 Å². The molecule has 0 saturated carbocycles. The molecule has 1 aromatic heterocycles. The molecule has 0 saturated heterocycles. The van der Waals surface area contributed by atoms with Crippen LogP contribution in [0.3, 0.4) is 0 Å². The van der Waals surface area contributed by atoms with Crippen molar-refractivity contribution in [3.8, 4) is 0 Å². The molecule has 1 heterocycles. The van der Waals surface area contributed by atoms with E-state index in [1.807, 2.05) is 24.3 Å². The number of hydrogen-bond acceptors (Lipinski definition) is 4. The molecule has 0 fully saturated rings. The number of fused-ring (bicyclic) bond motifs is 1. The van der Waals surface area contributed by atoms with Gasteiger partial charge in [0.05, 0.1) is 0 Å². The number of aromatic nitrogens is 1. The Morgan fingerprint density at radius 1 is 1.30 bits per heavy atom. The second-order valence-electron chi connectivity index (χ2n) is 5.25. The minimum atomic E-state index is -1.32. The standard InChI is InChI=1S/C16H18N2O5/c1-9(18-10(2)19)16(22)23-14(15(20)21)7-11-8-17-13-6-4-3-5-12(11)13/h3-6,8-9,14,17H,7H2,1-2H3,(H,18,19)(H,20,21)/t9-,14?/m0/s1. The summed E-state index contributed by atoms with van der Waals surface area (Å²) in [6.45, 7) is 2.71. The molecular weight excluding hydrogens is 300 g/mol. The second-order valence-corrected chi connectivity index (χ2v) is 5.25. The van der Waals surface area contributed by atoms with Crippen molar-refractivity contribution in [3.05, 3.63) is 36.0 Å². The van der Waals surface area contributed by atoms with Crippen LogP contribution in [-0.4, -0.2) is 40.1 Å². The third kappa shape index (κ3) is 4.09. The van der Waals surface area contributed by atoms with E-state index < -0.39 is 30.0 Å². The number of aromatic amines is 1. The van der Waals surface area contributed by atoms with Gasteiger partial charge in [-0.25, -0.2) is 9.59 Å². The van der Waals surface area contributed by atoms with Gasteiger partial charge in [0.2, 0.25) is 12.0 Å². The van der Waals surface area contributed by atoms with Crippen LogP contribution in [0.4, 0.5) is 0 Å². The molecule has 0 radical (unpaired) electrons. The Morgan fingerprint density at radius 3 is 2.65 bits per heavy atom. The average molecular weight is 318 g/mol. The largest absolute Gasteiger partial charge is 0.478 e. The van der Waals surface area contributed by atoms with E-state index in [-0.39, 0.29) is 6.42 Å². The van der Waals surface area contributed by atoms with Gasteiger partial charge >= 0.3 is 11.9 Å². The highest BCUT2D eigenvalue weighted by Crippen LogP contribution is 2.20. The molecule has 1 aromatic carbocycles. The summed E-state index contributed by atoms with van der Waals surface area (Å²) in [7, 11) is 0. The molecule has 0 bridgehead atoms. The maximum Gasteiger partial charge on any atom is 0.345 e. The normalized spacial score (nSPS) is 13.3. The quantitative estimate of drug-likeness (QED) is 0.694. The summed E-state index contributed by atoms with van der Waals surface area (Å²) in [6, 6.07) is 6.55. The minimum absolute atomic E-state index is 0.0396. The van der Waals surface area contributed by atoms with E-state index >= 15 is 0 Å². The molecule has 3 N–H and O–H groups in total. The highest BCUT2D eigenvalue weighted by molar-refractivity contribution is 5.86. The predicted molar refractivity (Wildman–Crippen MR) is 82.8 cm³/mol. The van der Waals surface area contributed by atoms with Crippen molar-refractivity contribution in [2.24, 2.45) is 0 Å². The Kier molecular flexibility index (Phi) is 5.00. The number of aliphatic carboxylic acids is 1. The lowest BCUT2D eigenvalue weighted by Gasteiger charge is -2.17. The minimum Gasteiger partial charge on any atom is -0.478 e. The first-order chi connectivity index (χ1) is 10.9. The van der Waals surface area contributed by atoms with Crippen LogP contribution in [0.15, 0.2) is 30.5 Å². The number of H-pyrrole nitrogens is 1. The molecule has 0 aliphatic heterocycles. The van der Waals surface area contributed by atoms with E-state index in [0.717, 1.165) is 16.5 Å². The van der Waals surface area contributed by atoms with Gasteiger partial charge in [-0.05, 0) is 18.6 Å². The summed E-state index contributed by atoms with van der Waals surface area (Å²) >= 11 is 0. The number of rotatable bonds is 6. The van der Waals surface area contributed by atoms with Crippen LogP contribution in [-0.2, 0) is 25.5 Å². The lowest BCUT2D eigenvalue weighted by molar-refractivity contribution is -0.165. The van der Waals surface area contributed by atoms with Gasteiger partial charge in [-0.1, -0.05) is 18.2 Å². The van der Waals surface area contributed by atoms with Crippen molar-refractivity contribution in [1.29, 1.82) is 0 Å².